The molecule has 1 aliphatic heterocycles. The Morgan fingerprint density at radius 1 is 1.09 bits per heavy atom. The van der Waals surface area contributed by atoms with E-state index in [1.807, 2.05) is 23.1 Å². The van der Waals surface area contributed by atoms with Gasteiger partial charge in [-0.05, 0) is 59.7 Å². The molecule has 2 aliphatic rings. The first-order valence-electron chi connectivity index (χ1n) is 14.4. The van der Waals surface area contributed by atoms with Gasteiger partial charge in [-0.3, -0.25) is 14.7 Å². The number of thioether (sulfide) groups is 1. The van der Waals surface area contributed by atoms with E-state index in [1.54, 1.807) is 32.3 Å². The van der Waals surface area contributed by atoms with Crippen LogP contribution in [0.2, 0.25) is 10.0 Å². The zero-order valence-electron chi connectivity index (χ0n) is 24.8. The van der Waals surface area contributed by atoms with E-state index in [2.05, 4.69) is 4.98 Å². The average Bonchev–Trinajstić information content (AvgIpc) is 3.73. The summed E-state index contributed by atoms with van der Waals surface area (Å²) in [4.78, 5) is 33.8. The first-order valence-corrected chi connectivity index (χ1v) is 16.3. The summed E-state index contributed by atoms with van der Waals surface area (Å²) < 4.78 is 43.1. The molecule has 45 heavy (non-hydrogen) atoms. The lowest BCUT2D eigenvalue weighted by atomic mass is 10.0. The summed E-state index contributed by atoms with van der Waals surface area (Å²) in [5, 5.41) is -0.0121. The number of rotatable bonds is 13. The molecule has 2 aromatic carbocycles. The highest BCUT2D eigenvalue weighted by Gasteiger charge is 2.35. The molecule has 2 atom stereocenters. The first-order chi connectivity index (χ1) is 21.6. The quantitative estimate of drug-likeness (QED) is 0.181. The largest absolute Gasteiger partial charge is 0.489 e. The van der Waals surface area contributed by atoms with Gasteiger partial charge in [0, 0.05) is 57.3 Å². The summed E-state index contributed by atoms with van der Waals surface area (Å²) in [6, 6.07) is 11.8. The number of carbonyl (C=O) groups excluding carboxylic acids is 2. The maximum Gasteiger partial charge on any atom is 0.387 e. The number of amides is 1. The van der Waals surface area contributed by atoms with Crippen LogP contribution in [0.25, 0.3) is 0 Å². The van der Waals surface area contributed by atoms with Crippen LogP contribution in [0.15, 0.2) is 54.9 Å². The van der Waals surface area contributed by atoms with Crippen molar-refractivity contribution in [3.63, 3.8) is 0 Å². The molecule has 1 saturated carbocycles. The van der Waals surface area contributed by atoms with Gasteiger partial charge in [-0.2, -0.15) is 8.78 Å². The van der Waals surface area contributed by atoms with Crippen molar-refractivity contribution in [2.24, 2.45) is 5.92 Å². The maximum atomic E-state index is 13.8. The minimum absolute atomic E-state index is 0.105. The van der Waals surface area contributed by atoms with Gasteiger partial charge in [-0.25, -0.2) is 4.79 Å². The number of halogens is 4. The number of ether oxygens (including phenoxy) is 3. The average molecular weight is 681 g/mol. The van der Waals surface area contributed by atoms with Gasteiger partial charge in [0.15, 0.2) is 16.9 Å². The molecule has 1 amide bonds. The number of pyridine rings is 1. The van der Waals surface area contributed by atoms with E-state index in [9.17, 15) is 18.4 Å². The molecule has 1 aliphatic carbocycles. The normalized spacial score (nSPS) is 17.3. The predicted octanol–water partition coefficient (Wildman–Crippen LogP) is 6.88. The second-order valence-electron chi connectivity index (χ2n) is 11.1. The minimum Gasteiger partial charge on any atom is -0.489 e. The zero-order valence-corrected chi connectivity index (χ0v) is 27.1. The number of hydrogen-bond acceptors (Lipinski definition) is 8. The van der Waals surface area contributed by atoms with Gasteiger partial charge in [0.05, 0.1) is 16.7 Å². The Bertz CT molecular complexity index is 1510. The van der Waals surface area contributed by atoms with Crippen LogP contribution in [0.4, 0.5) is 8.78 Å². The van der Waals surface area contributed by atoms with Crippen LogP contribution in [0.1, 0.15) is 46.0 Å². The van der Waals surface area contributed by atoms with Crippen molar-refractivity contribution in [3.8, 4) is 11.5 Å². The van der Waals surface area contributed by atoms with E-state index in [0.29, 0.717) is 58.1 Å². The van der Waals surface area contributed by atoms with E-state index < -0.39 is 24.1 Å². The van der Waals surface area contributed by atoms with Crippen molar-refractivity contribution in [3.05, 3.63) is 87.2 Å². The van der Waals surface area contributed by atoms with E-state index in [0.717, 1.165) is 18.4 Å². The smallest absolute Gasteiger partial charge is 0.387 e. The molecule has 0 bridgehead atoms. The summed E-state index contributed by atoms with van der Waals surface area (Å²) >= 11 is 14.3. The number of hydrogen-bond donors (Lipinski definition) is 0. The van der Waals surface area contributed by atoms with Crippen molar-refractivity contribution in [1.82, 2.24) is 14.8 Å². The van der Waals surface area contributed by atoms with Gasteiger partial charge >= 0.3 is 12.6 Å². The number of nitrogens with zero attached hydrogens (tertiary/aromatic N) is 3. The highest BCUT2D eigenvalue weighted by atomic mass is 35.5. The third-order valence-corrected chi connectivity index (χ3v) is 9.36. The molecule has 13 heteroatoms. The van der Waals surface area contributed by atoms with Gasteiger partial charge in [0.2, 0.25) is 0 Å². The Morgan fingerprint density at radius 3 is 2.53 bits per heavy atom. The van der Waals surface area contributed by atoms with Crippen LogP contribution in [-0.2, 0) is 22.5 Å². The van der Waals surface area contributed by atoms with Crippen LogP contribution >= 0.6 is 35.0 Å². The van der Waals surface area contributed by atoms with Crippen molar-refractivity contribution in [1.29, 1.82) is 0 Å². The van der Waals surface area contributed by atoms with E-state index in [4.69, 9.17) is 37.4 Å². The SMILES string of the molecule is CN(C)C(=O)c1cccc(CN2CCSC2C(=O)OC(Cc2c(Cl)cncc2Cl)c2ccc(OC(F)F)c(OCC3CC3)c2)c1. The van der Waals surface area contributed by atoms with Gasteiger partial charge in [0.25, 0.3) is 5.91 Å². The molecule has 5 rings (SSSR count). The standard InChI is InChI=1S/C32H33Cl2F2N3O5S/c1-38(2)29(40)22-5-3-4-20(12-22)17-39-10-11-45-30(39)31(41)43-27(14-23-24(33)15-37-16-25(23)34)21-8-9-26(44-32(35)36)28(13-21)42-18-19-6-7-19/h3-5,8-9,12-13,15-16,19,27,30,32H,6-7,10-11,14,17-18H2,1-2H3. The van der Waals surface area contributed by atoms with Gasteiger partial charge in [-0.15, -0.1) is 11.8 Å². The highest BCUT2D eigenvalue weighted by Crippen LogP contribution is 2.39. The number of carbonyl (C=O) groups is 2. The van der Waals surface area contributed by atoms with Crippen molar-refractivity contribution in [2.75, 3.05) is 33.0 Å². The molecular weight excluding hydrogens is 647 g/mol. The fourth-order valence-corrected chi connectivity index (χ4v) is 6.61. The van der Waals surface area contributed by atoms with E-state index >= 15 is 0 Å². The molecule has 1 aromatic heterocycles. The monoisotopic (exact) mass is 679 g/mol. The van der Waals surface area contributed by atoms with Gasteiger partial charge in [-0.1, -0.05) is 41.4 Å². The topological polar surface area (TPSA) is 81.2 Å². The molecule has 0 radical (unpaired) electrons. The molecule has 2 fully saturated rings. The molecule has 2 heterocycles. The van der Waals surface area contributed by atoms with E-state index in [-0.39, 0.29) is 23.8 Å². The summed E-state index contributed by atoms with van der Waals surface area (Å²) in [5.41, 5.74) is 2.48. The van der Waals surface area contributed by atoms with Gasteiger partial charge < -0.3 is 19.1 Å². The van der Waals surface area contributed by atoms with Crippen LogP contribution in [-0.4, -0.2) is 71.6 Å². The first kappa shape index (κ1) is 33.2. The van der Waals surface area contributed by atoms with Gasteiger partial charge in [0.1, 0.15) is 6.10 Å². The third-order valence-electron chi connectivity index (χ3n) is 7.48. The summed E-state index contributed by atoms with van der Waals surface area (Å²) in [7, 11) is 3.39. The molecule has 240 valence electrons. The van der Waals surface area contributed by atoms with Crippen LogP contribution in [0, 0.1) is 5.92 Å². The molecule has 0 N–H and O–H groups in total. The third kappa shape index (κ3) is 8.78. The Labute approximate surface area is 274 Å². The van der Waals surface area contributed by atoms with Crippen molar-refractivity contribution in [2.45, 2.75) is 43.9 Å². The fraction of sp³-hybridized carbons (Fsp3) is 0.406. The maximum absolute atomic E-state index is 13.8. The lowest BCUT2D eigenvalue weighted by Crippen LogP contribution is -2.36. The number of aromatic nitrogens is 1. The molecule has 8 nitrogen and oxygen atoms in total. The van der Waals surface area contributed by atoms with Crippen LogP contribution < -0.4 is 9.47 Å². The molecule has 2 unspecified atom stereocenters. The van der Waals surface area contributed by atoms with Crippen LogP contribution in [0.5, 0.6) is 11.5 Å². The van der Waals surface area contributed by atoms with Crippen LogP contribution in [0.3, 0.4) is 0 Å². The van der Waals surface area contributed by atoms with Crippen molar-refractivity contribution >= 4 is 46.8 Å². The second-order valence-corrected chi connectivity index (χ2v) is 13.1. The number of esters is 1. The Balaban J connectivity index is 1.40. The highest BCUT2D eigenvalue weighted by molar-refractivity contribution is 8.00. The molecule has 1 saturated heterocycles. The fourth-order valence-electron chi connectivity index (χ4n) is 4.95. The molecule has 0 spiro atoms. The Morgan fingerprint density at radius 2 is 1.84 bits per heavy atom. The zero-order chi connectivity index (χ0) is 32.1. The van der Waals surface area contributed by atoms with E-state index in [1.165, 1.54) is 35.1 Å². The molecular formula is C32H33Cl2F2N3O5S. The lowest BCUT2D eigenvalue weighted by molar-refractivity contribution is -0.152. The second kappa shape index (κ2) is 15.0. The van der Waals surface area contributed by atoms with Crippen molar-refractivity contribution < 1.29 is 32.6 Å². The summed E-state index contributed by atoms with van der Waals surface area (Å²) in [6.45, 7) is -1.59. The lowest BCUT2D eigenvalue weighted by Gasteiger charge is -2.26. The summed E-state index contributed by atoms with van der Waals surface area (Å²) in [5.74, 6) is 0.525. The predicted molar refractivity (Wildman–Crippen MR) is 169 cm³/mol. The molecule has 3 aromatic rings. The Kier molecular flexibility index (Phi) is 11.1. The minimum atomic E-state index is -3.03. The number of benzene rings is 2. The summed E-state index contributed by atoms with van der Waals surface area (Å²) in [6.07, 6.45) is 4.15. The Hall–Kier alpha value is -3.12. The number of alkyl halides is 2.